The molecule has 0 bridgehead atoms. The molecule has 0 aliphatic heterocycles. The van der Waals surface area contributed by atoms with Gasteiger partial charge in [-0.25, -0.2) is 4.79 Å². The van der Waals surface area contributed by atoms with Crippen LogP contribution in [-0.2, 0) is 4.74 Å². The van der Waals surface area contributed by atoms with E-state index >= 15 is 0 Å². The minimum Gasteiger partial charge on any atom is -0.444 e. The van der Waals surface area contributed by atoms with E-state index in [2.05, 4.69) is 31.1 Å². The van der Waals surface area contributed by atoms with Gasteiger partial charge < -0.3 is 15.4 Å². The minimum atomic E-state index is -0.445. The van der Waals surface area contributed by atoms with Crippen molar-refractivity contribution in [3.05, 3.63) is 12.7 Å². The van der Waals surface area contributed by atoms with Crippen LogP contribution in [0.15, 0.2) is 12.7 Å². The number of rotatable bonds is 8. The summed E-state index contributed by atoms with van der Waals surface area (Å²) in [6.07, 6.45) is 2.52. The van der Waals surface area contributed by atoms with Crippen LogP contribution in [0.1, 0.15) is 41.0 Å². The Balaban J connectivity index is 4.00. The highest BCUT2D eigenvalue weighted by molar-refractivity contribution is 5.67. The van der Waals surface area contributed by atoms with Gasteiger partial charge in [0.1, 0.15) is 5.60 Å². The van der Waals surface area contributed by atoms with E-state index in [0.717, 1.165) is 19.5 Å². The fraction of sp³-hybridized carbons (Fsp3) is 0.800. The largest absolute Gasteiger partial charge is 0.444 e. The van der Waals surface area contributed by atoms with E-state index in [-0.39, 0.29) is 6.09 Å². The summed E-state index contributed by atoms with van der Waals surface area (Å²) < 4.78 is 5.23. The molecule has 112 valence electrons. The standard InChI is InChI=1S/C15H30N2O2/c1-7-8-9-16-10-13(12(2)3)11-17-14(18)19-15(4,5)6/h7,12-13,16H,1,8-11H2,2-6H3,(H,17,18). The minimum absolute atomic E-state index is 0.343. The van der Waals surface area contributed by atoms with Crippen LogP contribution in [-0.4, -0.2) is 31.3 Å². The number of carbonyl (C=O) groups excluding carboxylic acids is 1. The Morgan fingerprint density at radius 3 is 2.42 bits per heavy atom. The van der Waals surface area contributed by atoms with Crippen LogP contribution in [0.4, 0.5) is 4.79 Å². The van der Waals surface area contributed by atoms with Gasteiger partial charge in [0.2, 0.25) is 0 Å². The van der Waals surface area contributed by atoms with E-state index in [0.29, 0.717) is 18.4 Å². The van der Waals surface area contributed by atoms with Gasteiger partial charge in [0.05, 0.1) is 0 Å². The zero-order valence-electron chi connectivity index (χ0n) is 13.1. The lowest BCUT2D eigenvalue weighted by molar-refractivity contribution is 0.0515. The van der Waals surface area contributed by atoms with Gasteiger partial charge in [-0.1, -0.05) is 19.9 Å². The third-order valence-corrected chi connectivity index (χ3v) is 2.78. The molecular weight excluding hydrogens is 240 g/mol. The average molecular weight is 270 g/mol. The zero-order chi connectivity index (χ0) is 14.9. The van der Waals surface area contributed by atoms with E-state index < -0.39 is 5.60 Å². The fourth-order valence-electron chi connectivity index (χ4n) is 1.56. The molecule has 0 aromatic rings. The molecule has 0 fully saturated rings. The predicted molar refractivity (Wildman–Crippen MR) is 80.2 cm³/mol. The van der Waals surface area contributed by atoms with Crippen molar-refractivity contribution >= 4 is 6.09 Å². The van der Waals surface area contributed by atoms with Crippen LogP contribution in [0.5, 0.6) is 0 Å². The topological polar surface area (TPSA) is 50.4 Å². The summed E-state index contributed by atoms with van der Waals surface area (Å²) in [5.74, 6) is 0.906. The Kier molecular flexibility index (Phi) is 8.48. The van der Waals surface area contributed by atoms with Gasteiger partial charge in [-0.3, -0.25) is 0 Å². The Morgan fingerprint density at radius 1 is 1.32 bits per heavy atom. The predicted octanol–water partition coefficient (Wildman–Crippen LogP) is 2.95. The van der Waals surface area contributed by atoms with Crippen molar-refractivity contribution in [2.75, 3.05) is 19.6 Å². The van der Waals surface area contributed by atoms with Gasteiger partial charge in [0.15, 0.2) is 0 Å². The first-order chi connectivity index (χ1) is 8.76. The molecule has 1 amide bonds. The van der Waals surface area contributed by atoms with Crippen molar-refractivity contribution in [1.82, 2.24) is 10.6 Å². The van der Waals surface area contributed by atoms with Crippen LogP contribution in [0, 0.1) is 11.8 Å². The summed E-state index contributed by atoms with van der Waals surface area (Å²) >= 11 is 0. The van der Waals surface area contributed by atoms with Gasteiger partial charge >= 0.3 is 6.09 Å². The molecule has 1 unspecified atom stereocenters. The van der Waals surface area contributed by atoms with E-state index in [1.165, 1.54) is 0 Å². The molecule has 19 heavy (non-hydrogen) atoms. The van der Waals surface area contributed by atoms with Crippen molar-refractivity contribution in [2.45, 2.75) is 46.6 Å². The highest BCUT2D eigenvalue weighted by Gasteiger charge is 2.18. The molecule has 0 saturated carbocycles. The first kappa shape index (κ1) is 18.0. The lowest BCUT2D eigenvalue weighted by Gasteiger charge is -2.24. The van der Waals surface area contributed by atoms with Crippen LogP contribution in [0.2, 0.25) is 0 Å². The third kappa shape index (κ3) is 10.6. The van der Waals surface area contributed by atoms with Gasteiger partial charge in [-0.15, -0.1) is 6.58 Å². The number of alkyl carbamates (subject to hydrolysis) is 1. The van der Waals surface area contributed by atoms with Crippen molar-refractivity contribution in [3.63, 3.8) is 0 Å². The van der Waals surface area contributed by atoms with E-state index in [4.69, 9.17) is 4.74 Å². The molecule has 0 aliphatic rings. The van der Waals surface area contributed by atoms with E-state index in [1.54, 1.807) is 0 Å². The molecular formula is C15H30N2O2. The number of carbonyl (C=O) groups is 1. The molecule has 0 radical (unpaired) electrons. The fourth-order valence-corrected chi connectivity index (χ4v) is 1.56. The summed E-state index contributed by atoms with van der Waals surface area (Å²) in [6, 6.07) is 0. The van der Waals surface area contributed by atoms with Gasteiger partial charge in [0, 0.05) is 6.54 Å². The number of ether oxygens (including phenoxy) is 1. The monoisotopic (exact) mass is 270 g/mol. The molecule has 4 heteroatoms. The van der Waals surface area contributed by atoms with Crippen LogP contribution < -0.4 is 10.6 Å². The molecule has 0 aromatic carbocycles. The quantitative estimate of drug-likeness (QED) is 0.526. The Bertz CT molecular complexity index is 270. The van der Waals surface area contributed by atoms with Crippen LogP contribution in [0.25, 0.3) is 0 Å². The summed E-state index contributed by atoms with van der Waals surface area (Å²) in [7, 11) is 0. The summed E-state index contributed by atoms with van der Waals surface area (Å²) in [6.45, 7) is 16.1. The first-order valence-electron chi connectivity index (χ1n) is 7.04. The number of hydrogen-bond donors (Lipinski definition) is 2. The van der Waals surface area contributed by atoms with Crippen molar-refractivity contribution in [2.24, 2.45) is 11.8 Å². The molecule has 2 N–H and O–H groups in total. The maximum Gasteiger partial charge on any atom is 0.407 e. The van der Waals surface area contributed by atoms with E-state index in [1.807, 2.05) is 26.8 Å². The maximum atomic E-state index is 11.6. The molecule has 0 rings (SSSR count). The molecule has 4 nitrogen and oxygen atoms in total. The van der Waals surface area contributed by atoms with Crippen molar-refractivity contribution < 1.29 is 9.53 Å². The zero-order valence-corrected chi connectivity index (χ0v) is 13.1. The van der Waals surface area contributed by atoms with Gasteiger partial charge in [-0.2, -0.15) is 0 Å². The van der Waals surface area contributed by atoms with Crippen LogP contribution >= 0.6 is 0 Å². The number of hydrogen-bond acceptors (Lipinski definition) is 3. The number of nitrogens with one attached hydrogen (secondary N) is 2. The molecule has 1 atom stereocenters. The molecule has 0 spiro atoms. The Hall–Kier alpha value is -1.03. The van der Waals surface area contributed by atoms with Gasteiger partial charge in [-0.05, 0) is 52.1 Å². The molecule has 0 aromatic heterocycles. The maximum absolute atomic E-state index is 11.6. The highest BCUT2D eigenvalue weighted by atomic mass is 16.6. The number of amides is 1. The van der Waals surface area contributed by atoms with E-state index in [9.17, 15) is 4.79 Å². The summed E-state index contributed by atoms with van der Waals surface area (Å²) in [4.78, 5) is 11.6. The second kappa shape index (κ2) is 8.97. The first-order valence-corrected chi connectivity index (χ1v) is 7.04. The second-order valence-corrected chi connectivity index (χ2v) is 6.17. The van der Waals surface area contributed by atoms with Crippen LogP contribution in [0.3, 0.4) is 0 Å². The van der Waals surface area contributed by atoms with Crippen molar-refractivity contribution in [3.8, 4) is 0 Å². The molecule has 0 aliphatic carbocycles. The third-order valence-electron chi connectivity index (χ3n) is 2.78. The SMILES string of the molecule is C=CCCNCC(CNC(=O)OC(C)(C)C)C(C)C. The Labute approximate surface area is 118 Å². The average Bonchev–Trinajstić information content (AvgIpc) is 2.25. The lowest BCUT2D eigenvalue weighted by Crippen LogP contribution is -2.39. The normalized spacial score (nSPS) is 13.2. The molecule has 0 heterocycles. The molecule has 0 saturated heterocycles. The Morgan fingerprint density at radius 2 is 1.95 bits per heavy atom. The van der Waals surface area contributed by atoms with Crippen molar-refractivity contribution in [1.29, 1.82) is 0 Å². The summed E-state index contributed by atoms with van der Waals surface area (Å²) in [5.41, 5.74) is -0.445. The second-order valence-electron chi connectivity index (χ2n) is 6.17. The summed E-state index contributed by atoms with van der Waals surface area (Å²) in [5, 5.41) is 6.22. The lowest BCUT2D eigenvalue weighted by atomic mass is 9.96. The highest BCUT2D eigenvalue weighted by Crippen LogP contribution is 2.10. The smallest absolute Gasteiger partial charge is 0.407 e. The van der Waals surface area contributed by atoms with Gasteiger partial charge in [0.25, 0.3) is 0 Å².